The van der Waals surface area contributed by atoms with E-state index >= 15 is 0 Å². The molecular formula is C4H6ClO2-. The highest BCUT2D eigenvalue weighted by molar-refractivity contribution is 6.29. The van der Waals surface area contributed by atoms with E-state index in [4.69, 9.17) is 11.6 Å². The van der Waals surface area contributed by atoms with Gasteiger partial charge in [0.25, 0.3) is 0 Å². The molecule has 0 aliphatic carbocycles. The van der Waals surface area contributed by atoms with Crippen LogP contribution in [-0.2, 0) is 4.74 Å². The zero-order chi connectivity index (χ0) is 5.86. The second-order valence-corrected chi connectivity index (χ2v) is 1.59. The second kappa shape index (κ2) is 2.75. The standard InChI is InChI=1S/C4H7ClO2/c1-3(5)4(6)7-2/h6H,1-2H3/p-1/b4-3-. The van der Waals surface area contributed by atoms with Gasteiger partial charge >= 0.3 is 0 Å². The quantitative estimate of drug-likeness (QED) is 0.471. The van der Waals surface area contributed by atoms with E-state index in [1.807, 2.05) is 0 Å². The molecule has 0 atom stereocenters. The van der Waals surface area contributed by atoms with Crippen molar-refractivity contribution in [2.24, 2.45) is 0 Å². The van der Waals surface area contributed by atoms with E-state index in [0.717, 1.165) is 0 Å². The zero-order valence-corrected chi connectivity index (χ0v) is 4.95. The fourth-order valence-electron chi connectivity index (χ4n) is 0.141. The van der Waals surface area contributed by atoms with Crippen molar-refractivity contribution in [3.8, 4) is 0 Å². The van der Waals surface area contributed by atoms with Crippen molar-refractivity contribution in [1.29, 1.82) is 0 Å². The van der Waals surface area contributed by atoms with E-state index in [-0.39, 0.29) is 5.03 Å². The molecule has 0 bridgehead atoms. The molecule has 2 nitrogen and oxygen atoms in total. The van der Waals surface area contributed by atoms with Crippen LogP contribution in [0.15, 0.2) is 11.0 Å². The average molecular weight is 122 g/mol. The first kappa shape index (κ1) is 6.63. The van der Waals surface area contributed by atoms with Gasteiger partial charge in [-0.15, -0.1) is 0 Å². The molecule has 0 aliphatic heterocycles. The molecule has 0 fully saturated rings. The Balaban J connectivity index is 3.72. The lowest BCUT2D eigenvalue weighted by atomic mass is 10.7. The minimum Gasteiger partial charge on any atom is -0.616 e. The summed E-state index contributed by atoms with van der Waals surface area (Å²) < 4.78 is 4.20. The Morgan fingerprint density at radius 2 is 2.14 bits per heavy atom. The molecular weight excluding hydrogens is 115 g/mol. The van der Waals surface area contributed by atoms with Crippen LogP contribution in [0.1, 0.15) is 6.92 Å². The van der Waals surface area contributed by atoms with Crippen molar-refractivity contribution >= 4 is 11.6 Å². The van der Waals surface area contributed by atoms with E-state index in [1.165, 1.54) is 14.0 Å². The molecule has 0 radical (unpaired) electrons. The van der Waals surface area contributed by atoms with Gasteiger partial charge in [-0.3, -0.25) is 0 Å². The number of ether oxygens (including phenoxy) is 1. The molecule has 0 aromatic heterocycles. The molecule has 0 unspecified atom stereocenters. The summed E-state index contributed by atoms with van der Waals surface area (Å²) >= 11 is 5.17. The fraction of sp³-hybridized carbons (Fsp3) is 0.500. The summed E-state index contributed by atoms with van der Waals surface area (Å²) in [4.78, 5) is 0. The van der Waals surface area contributed by atoms with Crippen molar-refractivity contribution in [3.63, 3.8) is 0 Å². The zero-order valence-electron chi connectivity index (χ0n) is 4.19. The highest BCUT2D eigenvalue weighted by atomic mass is 35.5. The number of rotatable bonds is 1. The highest BCUT2D eigenvalue weighted by Crippen LogP contribution is 2.00. The lowest BCUT2D eigenvalue weighted by molar-refractivity contribution is -0.354. The summed E-state index contributed by atoms with van der Waals surface area (Å²) in [7, 11) is 1.29. The Labute approximate surface area is 47.4 Å². The van der Waals surface area contributed by atoms with Gasteiger partial charge in [0, 0.05) is 5.03 Å². The van der Waals surface area contributed by atoms with Crippen molar-refractivity contribution in [3.05, 3.63) is 11.0 Å². The van der Waals surface area contributed by atoms with Crippen molar-refractivity contribution in [2.75, 3.05) is 7.11 Å². The van der Waals surface area contributed by atoms with E-state index < -0.39 is 5.95 Å². The Bertz CT molecular complexity index is 83.7. The molecule has 0 saturated carbocycles. The molecule has 0 rings (SSSR count). The van der Waals surface area contributed by atoms with Crippen molar-refractivity contribution in [2.45, 2.75) is 6.92 Å². The molecule has 0 spiro atoms. The highest BCUT2D eigenvalue weighted by Gasteiger charge is 1.79. The molecule has 0 aromatic rings. The number of allylic oxidation sites excluding steroid dienone is 1. The SMILES string of the molecule is CO/C([O-])=C(/C)Cl. The minimum absolute atomic E-state index is 0.155. The van der Waals surface area contributed by atoms with Gasteiger partial charge in [0.2, 0.25) is 0 Å². The molecule has 0 heterocycles. The monoisotopic (exact) mass is 121 g/mol. The van der Waals surface area contributed by atoms with Gasteiger partial charge < -0.3 is 9.84 Å². The van der Waals surface area contributed by atoms with Crippen LogP contribution < -0.4 is 5.11 Å². The largest absolute Gasteiger partial charge is 0.616 e. The van der Waals surface area contributed by atoms with Crippen molar-refractivity contribution in [1.82, 2.24) is 0 Å². The van der Waals surface area contributed by atoms with E-state index in [9.17, 15) is 5.11 Å². The number of hydrogen-bond acceptors (Lipinski definition) is 2. The minimum atomic E-state index is -0.471. The normalized spacial score (nSPS) is 13.0. The van der Waals surface area contributed by atoms with Crippen LogP contribution >= 0.6 is 11.6 Å². The van der Waals surface area contributed by atoms with Crippen LogP contribution in [0.3, 0.4) is 0 Å². The molecule has 0 aliphatic rings. The van der Waals surface area contributed by atoms with Crippen molar-refractivity contribution < 1.29 is 9.84 Å². The fourth-order valence-corrected chi connectivity index (χ4v) is 0.218. The molecule has 0 N–H and O–H groups in total. The summed E-state index contributed by atoms with van der Waals surface area (Å²) in [5.74, 6) is -0.471. The van der Waals surface area contributed by atoms with Crippen LogP contribution in [0.25, 0.3) is 0 Å². The predicted octanol–water partition coefficient (Wildman–Crippen LogP) is 0.421. The van der Waals surface area contributed by atoms with Gasteiger partial charge in [0.05, 0.1) is 5.95 Å². The average Bonchev–Trinajstić information content (AvgIpc) is 1.65. The van der Waals surface area contributed by atoms with Gasteiger partial charge in [0.15, 0.2) is 0 Å². The smallest absolute Gasteiger partial charge is 0.0656 e. The Morgan fingerprint density at radius 3 is 2.14 bits per heavy atom. The Morgan fingerprint density at radius 1 is 1.71 bits per heavy atom. The van der Waals surface area contributed by atoms with Gasteiger partial charge in [0.1, 0.15) is 0 Å². The number of halogens is 1. The van der Waals surface area contributed by atoms with Gasteiger partial charge in [-0.1, -0.05) is 11.6 Å². The first-order chi connectivity index (χ1) is 3.18. The topological polar surface area (TPSA) is 32.3 Å². The summed E-state index contributed by atoms with van der Waals surface area (Å²) in [6.45, 7) is 1.48. The van der Waals surface area contributed by atoms with Gasteiger partial charge in [-0.25, -0.2) is 0 Å². The van der Waals surface area contributed by atoms with Crippen LogP contribution in [0.5, 0.6) is 0 Å². The van der Waals surface area contributed by atoms with Crippen LogP contribution in [0.4, 0.5) is 0 Å². The maximum Gasteiger partial charge on any atom is 0.0656 e. The molecule has 0 aromatic carbocycles. The van der Waals surface area contributed by atoms with Crippen LogP contribution in [0.2, 0.25) is 0 Å². The first-order valence-corrected chi connectivity index (χ1v) is 2.13. The Hall–Kier alpha value is -0.370. The first-order valence-electron chi connectivity index (χ1n) is 1.76. The van der Waals surface area contributed by atoms with Crippen LogP contribution in [0, 0.1) is 0 Å². The summed E-state index contributed by atoms with van der Waals surface area (Å²) in [6, 6.07) is 0. The number of hydrogen-bond donors (Lipinski definition) is 0. The van der Waals surface area contributed by atoms with E-state index in [0.29, 0.717) is 0 Å². The molecule has 0 saturated heterocycles. The van der Waals surface area contributed by atoms with E-state index in [2.05, 4.69) is 4.74 Å². The summed E-state index contributed by atoms with van der Waals surface area (Å²) in [5.41, 5.74) is 0. The summed E-state index contributed by atoms with van der Waals surface area (Å²) in [6.07, 6.45) is 0. The maximum absolute atomic E-state index is 10.1. The molecule has 3 heteroatoms. The van der Waals surface area contributed by atoms with Gasteiger partial charge in [-0.05, 0) is 14.0 Å². The third-order valence-corrected chi connectivity index (χ3v) is 0.621. The maximum atomic E-state index is 10.1. The van der Waals surface area contributed by atoms with E-state index in [1.54, 1.807) is 0 Å². The van der Waals surface area contributed by atoms with Crippen LogP contribution in [-0.4, -0.2) is 7.11 Å². The number of methoxy groups -OCH3 is 1. The lowest BCUT2D eigenvalue weighted by Gasteiger charge is -2.07. The van der Waals surface area contributed by atoms with Gasteiger partial charge in [-0.2, -0.15) is 0 Å². The third-order valence-electron chi connectivity index (χ3n) is 0.467. The third kappa shape index (κ3) is 2.34. The second-order valence-electron chi connectivity index (χ2n) is 1.03. The lowest BCUT2D eigenvalue weighted by Crippen LogP contribution is -2.05. The summed E-state index contributed by atoms with van der Waals surface area (Å²) in [5, 5.41) is 10.3. The molecule has 0 amide bonds. The Kier molecular flexibility index (Phi) is 2.60. The molecule has 42 valence electrons. The predicted molar refractivity (Wildman–Crippen MR) is 25.6 cm³/mol. The molecule has 7 heavy (non-hydrogen) atoms.